The Morgan fingerprint density at radius 3 is 2.44 bits per heavy atom. The summed E-state index contributed by atoms with van der Waals surface area (Å²) in [6.07, 6.45) is 6.01. The largest absolute Gasteiger partial charge is 0.338 e. The standard InChI is InChI=1S/C29H27N3O2/c33-28(31-25-12-10-21(11-13-25)19-22-14-16-30-17-15-22)24-7-4-18-32(20-24)29(34)27-9-3-6-23-5-1-2-8-26(23)27/h1-3,5-6,8-17,24H,4,7,18-20H2,(H,31,33). The zero-order chi connectivity index (χ0) is 23.3. The molecule has 1 aliphatic rings. The van der Waals surface area contributed by atoms with Gasteiger partial charge in [0.2, 0.25) is 5.91 Å². The molecule has 0 saturated carbocycles. The number of carbonyl (C=O) groups excluding carboxylic acids is 2. The number of amides is 2. The zero-order valence-corrected chi connectivity index (χ0v) is 19.0. The number of carbonyl (C=O) groups is 2. The van der Waals surface area contributed by atoms with E-state index in [1.54, 1.807) is 12.4 Å². The maximum absolute atomic E-state index is 13.3. The molecule has 0 radical (unpaired) electrons. The molecule has 5 nitrogen and oxygen atoms in total. The highest BCUT2D eigenvalue weighted by atomic mass is 16.2. The summed E-state index contributed by atoms with van der Waals surface area (Å²) in [6, 6.07) is 25.7. The number of aromatic nitrogens is 1. The summed E-state index contributed by atoms with van der Waals surface area (Å²) in [7, 11) is 0. The van der Waals surface area contributed by atoms with Crippen LogP contribution in [0.4, 0.5) is 5.69 Å². The summed E-state index contributed by atoms with van der Waals surface area (Å²) >= 11 is 0. The average Bonchev–Trinajstić information content (AvgIpc) is 2.90. The molecule has 1 saturated heterocycles. The van der Waals surface area contributed by atoms with Crippen molar-refractivity contribution >= 4 is 28.3 Å². The first-order valence-corrected chi connectivity index (χ1v) is 11.7. The number of piperidine rings is 1. The van der Waals surface area contributed by atoms with E-state index in [2.05, 4.69) is 10.3 Å². The Kier molecular flexibility index (Phi) is 6.34. The maximum Gasteiger partial charge on any atom is 0.254 e. The van der Waals surface area contributed by atoms with Crippen LogP contribution in [0.25, 0.3) is 10.8 Å². The number of nitrogens with zero attached hydrogens (tertiary/aromatic N) is 2. The van der Waals surface area contributed by atoms with Crippen molar-refractivity contribution in [2.75, 3.05) is 18.4 Å². The Hall–Kier alpha value is -3.99. The van der Waals surface area contributed by atoms with Gasteiger partial charge in [0.05, 0.1) is 5.92 Å². The molecule has 5 rings (SSSR count). The summed E-state index contributed by atoms with van der Waals surface area (Å²) in [4.78, 5) is 32.2. The van der Waals surface area contributed by atoms with Crippen molar-refractivity contribution in [1.29, 1.82) is 0 Å². The average molecular weight is 450 g/mol. The van der Waals surface area contributed by atoms with Gasteiger partial charge in [0.15, 0.2) is 0 Å². The lowest BCUT2D eigenvalue weighted by Crippen LogP contribution is -2.43. The Morgan fingerprint density at radius 2 is 1.62 bits per heavy atom. The predicted octanol–water partition coefficient (Wildman–Crippen LogP) is 5.32. The first kappa shape index (κ1) is 21.8. The Morgan fingerprint density at radius 1 is 0.882 bits per heavy atom. The molecule has 1 atom stereocenters. The van der Waals surface area contributed by atoms with E-state index < -0.39 is 0 Å². The van der Waals surface area contributed by atoms with Crippen LogP contribution in [0.2, 0.25) is 0 Å². The Balaban J connectivity index is 1.23. The fraction of sp³-hybridized carbons (Fsp3) is 0.207. The molecule has 4 aromatic rings. The molecule has 1 unspecified atom stereocenters. The van der Waals surface area contributed by atoms with Gasteiger partial charge >= 0.3 is 0 Å². The van der Waals surface area contributed by atoms with Gasteiger partial charge in [-0.1, -0.05) is 48.5 Å². The number of likely N-dealkylation sites (tertiary alicyclic amines) is 1. The fourth-order valence-electron chi connectivity index (χ4n) is 4.64. The van der Waals surface area contributed by atoms with Crippen LogP contribution in [-0.4, -0.2) is 34.8 Å². The highest BCUT2D eigenvalue weighted by Gasteiger charge is 2.29. The van der Waals surface area contributed by atoms with Crippen LogP contribution in [0.1, 0.15) is 34.3 Å². The third kappa shape index (κ3) is 4.84. The number of pyridine rings is 1. The van der Waals surface area contributed by atoms with Gasteiger partial charge < -0.3 is 10.2 Å². The second kappa shape index (κ2) is 9.87. The van der Waals surface area contributed by atoms with Gasteiger partial charge in [-0.25, -0.2) is 0 Å². The molecule has 1 fully saturated rings. The number of hydrogen-bond acceptors (Lipinski definition) is 3. The van der Waals surface area contributed by atoms with Crippen LogP contribution in [0.5, 0.6) is 0 Å². The molecule has 1 N–H and O–H groups in total. The van der Waals surface area contributed by atoms with Gasteiger partial charge in [0.1, 0.15) is 0 Å². The lowest BCUT2D eigenvalue weighted by molar-refractivity contribution is -0.121. The van der Waals surface area contributed by atoms with Crippen LogP contribution in [-0.2, 0) is 11.2 Å². The number of fused-ring (bicyclic) bond motifs is 1. The maximum atomic E-state index is 13.3. The van der Waals surface area contributed by atoms with E-state index in [0.717, 1.165) is 35.7 Å². The van der Waals surface area contributed by atoms with Crippen molar-refractivity contribution < 1.29 is 9.59 Å². The van der Waals surface area contributed by atoms with Crippen LogP contribution in [0.3, 0.4) is 0 Å². The second-order valence-electron chi connectivity index (χ2n) is 8.84. The molecule has 0 aliphatic carbocycles. The molecule has 3 aromatic carbocycles. The van der Waals surface area contributed by atoms with Crippen molar-refractivity contribution in [2.45, 2.75) is 19.3 Å². The lowest BCUT2D eigenvalue weighted by Gasteiger charge is -2.32. The third-order valence-corrected chi connectivity index (χ3v) is 6.48. The molecular formula is C29H27N3O2. The van der Waals surface area contributed by atoms with E-state index in [0.29, 0.717) is 18.7 Å². The van der Waals surface area contributed by atoms with Crippen LogP contribution < -0.4 is 5.32 Å². The van der Waals surface area contributed by atoms with Gasteiger partial charge in [-0.3, -0.25) is 14.6 Å². The van der Waals surface area contributed by atoms with Crippen molar-refractivity contribution in [3.05, 3.63) is 108 Å². The predicted molar refractivity (Wildman–Crippen MR) is 135 cm³/mol. The normalized spacial score (nSPS) is 15.8. The molecule has 2 amide bonds. The number of anilines is 1. The number of rotatable bonds is 5. The summed E-state index contributed by atoms with van der Waals surface area (Å²) < 4.78 is 0. The number of hydrogen-bond donors (Lipinski definition) is 1. The minimum atomic E-state index is -0.218. The van der Waals surface area contributed by atoms with E-state index in [4.69, 9.17) is 0 Å². The van der Waals surface area contributed by atoms with Gasteiger partial charge in [-0.05, 0) is 71.5 Å². The van der Waals surface area contributed by atoms with Gasteiger partial charge in [-0.15, -0.1) is 0 Å². The number of benzene rings is 3. The van der Waals surface area contributed by atoms with Crippen molar-refractivity contribution in [3.63, 3.8) is 0 Å². The number of nitrogens with one attached hydrogen (secondary N) is 1. The van der Waals surface area contributed by atoms with Crippen LogP contribution in [0.15, 0.2) is 91.3 Å². The highest BCUT2D eigenvalue weighted by Crippen LogP contribution is 2.24. The lowest BCUT2D eigenvalue weighted by atomic mass is 9.95. The summed E-state index contributed by atoms with van der Waals surface area (Å²) in [6.45, 7) is 1.11. The molecular weight excluding hydrogens is 422 g/mol. The SMILES string of the molecule is O=C(Nc1ccc(Cc2ccncc2)cc1)C1CCCN(C(=O)c2cccc3ccccc23)C1. The summed E-state index contributed by atoms with van der Waals surface area (Å²) in [5.74, 6) is -0.253. The van der Waals surface area contributed by atoms with E-state index in [1.807, 2.05) is 83.8 Å². The van der Waals surface area contributed by atoms with Gasteiger partial charge in [-0.2, -0.15) is 0 Å². The highest BCUT2D eigenvalue weighted by molar-refractivity contribution is 6.07. The second-order valence-corrected chi connectivity index (χ2v) is 8.84. The Bertz CT molecular complexity index is 1300. The summed E-state index contributed by atoms with van der Waals surface area (Å²) in [5, 5.41) is 5.05. The van der Waals surface area contributed by atoms with Gasteiger partial charge in [0, 0.05) is 36.7 Å². The third-order valence-electron chi connectivity index (χ3n) is 6.48. The smallest absolute Gasteiger partial charge is 0.254 e. The first-order chi connectivity index (χ1) is 16.7. The molecule has 0 spiro atoms. The van der Waals surface area contributed by atoms with Crippen molar-refractivity contribution in [1.82, 2.24) is 9.88 Å². The fourth-order valence-corrected chi connectivity index (χ4v) is 4.64. The molecule has 0 bridgehead atoms. The molecule has 2 heterocycles. The molecule has 1 aliphatic heterocycles. The minimum Gasteiger partial charge on any atom is -0.338 e. The monoisotopic (exact) mass is 449 g/mol. The quantitative estimate of drug-likeness (QED) is 0.449. The van der Waals surface area contributed by atoms with E-state index >= 15 is 0 Å². The topological polar surface area (TPSA) is 62.3 Å². The molecule has 34 heavy (non-hydrogen) atoms. The first-order valence-electron chi connectivity index (χ1n) is 11.7. The van der Waals surface area contributed by atoms with Crippen molar-refractivity contribution in [2.24, 2.45) is 5.92 Å². The molecule has 5 heteroatoms. The molecule has 1 aromatic heterocycles. The van der Waals surface area contributed by atoms with E-state index in [-0.39, 0.29) is 17.7 Å². The van der Waals surface area contributed by atoms with Crippen LogP contribution >= 0.6 is 0 Å². The molecule has 170 valence electrons. The Labute approximate surface area is 199 Å². The minimum absolute atomic E-state index is 0.00485. The van der Waals surface area contributed by atoms with E-state index in [1.165, 1.54) is 11.1 Å². The zero-order valence-electron chi connectivity index (χ0n) is 19.0. The summed E-state index contributed by atoms with van der Waals surface area (Å²) in [5.41, 5.74) is 3.85. The van der Waals surface area contributed by atoms with Crippen molar-refractivity contribution in [3.8, 4) is 0 Å². The van der Waals surface area contributed by atoms with Crippen LogP contribution in [0, 0.1) is 5.92 Å². The van der Waals surface area contributed by atoms with E-state index in [9.17, 15) is 9.59 Å². The van der Waals surface area contributed by atoms with Gasteiger partial charge in [0.25, 0.3) is 5.91 Å².